The zero-order valence-electron chi connectivity index (χ0n) is 9.40. The lowest BCUT2D eigenvalue weighted by Gasteiger charge is -2.12. The summed E-state index contributed by atoms with van der Waals surface area (Å²) in [5, 5.41) is 2.77. The number of nitrogen functional groups attached to an aromatic ring is 1. The molecule has 3 N–H and O–H groups in total. The zero-order valence-corrected chi connectivity index (χ0v) is 10.2. The van der Waals surface area contributed by atoms with Gasteiger partial charge in [-0.25, -0.2) is 0 Å². The molecular weight excluding hydrogens is 224 g/mol. The van der Waals surface area contributed by atoms with Crippen LogP contribution in [0.3, 0.4) is 0 Å². The second-order valence-corrected chi connectivity index (χ2v) is 5.22. The monoisotopic (exact) mass is 240 g/mol. The highest BCUT2D eigenvalue weighted by atomic mass is 32.2. The fourth-order valence-corrected chi connectivity index (χ4v) is 2.12. The van der Waals surface area contributed by atoms with Crippen LogP contribution in [0.25, 0.3) is 0 Å². The normalized spacial score (nSPS) is 14.1. The van der Waals surface area contributed by atoms with Crippen LogP contribution >= 0.6 is 0 Å². The number of anilines is 1. The zero-order chi connectivity index (χ0) is 12.1. The predicted molar refractivity (Wildman–Crippen MR) is 66.7 cm³/mol. The third-order valence-corrected chi connectivity index (χ3v) is 3.00. The first kappa shape index (κ1) is 12.7. The summed E-state index contributed by atoms with van der Waals surface area (Å²) in [6.07, 6.45) is 1.62. The number of hydrogen-bond donors (Lipinski definition) is 2. The maximum Gasteiger partial charge on any atom is 0.251 e. The Morgan fingerprint density at radius 3 is 2.50 bits per heavy atom. The van der Waals surface area contributed by atoms with Gasteiger partial charge >= 0.3 is 0 Å². The van der Waals surface area contributed by atoms with Crippen molar-refractivity contribution >= 4 is 22.4 Å². The predicted octanol–water partition coefficient (Wildman–Crippen LogP) is 0.766. The fourth-order valence-electron chi connectivity index (χ4n) is 1.34. The van der Waals surface area contributed by atoms with E-state index in [0.717, 1.165) is 0 Å². The molecule has 2 unspecified atom stereocenters. The Morgan fingerprint density at radius 2 is 2.00 bits per heavy atom. The molecule has 0 fully saturated rings. The van der Waals surface area contributed by atoms with Crippen molar-refractivity contribution < 1.29 is 9.00 Å². The van der Waals surface area contributed by atoms with Gasteiger partial charge in [0.2, 0.25) is 0 Å². The molecule has 0 bridgehead atoms. The van der Waals surface area contributed by atoms with E-state index in [2.05, 4.69) is 5.32 Å². The molecule has 0 aliphatic heterocycles. The number of hydrogen-bond acceptors (Lipinski definition) is 3. The van der Waals surface area contributed by atoms with E-state index in [-0.39, 0.29) is 11.9 Å². The number of rotatable bonds is 4. The molecule has 0 aliphatic carbocycles. The summed E-state index contributed by atoms with van der Waals surface area (Å²) in [6, 6.07) is 6.59. The number of nitrogens with two attached hydrogens (primary N) is 1. The minimum absolute atomic E-state index is 0.101. The second-order valence-electron chi connectivity index (χ2n) is 3.74. The van der Waals surface area contributed by atoms with Crippen LogP contribution in [0.15, 0.2) is 24.3 Å². The van der Waals surface area contributed by atoms with Crippen molar-refractivity contribution in [2.45, 2.75) is 13.0 Å². The molecule has 4 nitrogen and oxygen atoms in total. The molecule has 0 saturated carbocycles. The Morgan fingerprint density at radius 1 is 1.44 bits per heavy atom. The van der Waals surface area contributed by atoms with Gasteiger partial charge in [-0.1, -0.05) is 0 Å². The van der Waals surface area contributed by atoms with E-state index in [0.29, 0.717) is 17.0 Å². The van der Waals surface area contributed by atoms with Crippen LogP contribution in [-0.2, 0) is 10.8 Å². The average Bonchev–Trinajstić information content (AvgIpc) is 2.16. The van der Waals surface area contributed by atoms with Gasteiger partial charge in [-0.3, -0.25) is 9.00 Å². The van der Waals surface area contributed by atoms with Crippen molar-refractivity contribution in [2.24, 2.45) is 0 Å². The summed E-state index contributed by atoms with van der Waals surface area (Å²) in [6.45, 7) is 1.83. The molecule has 0 radical (unpaired) electrons. The van der Waals surface area contributed by atoms with Crippen LogP contribution < -0.4 is 11.1 Å². The van der Waals surface area contributed by atoms with Crippen molar-refractivity contribution in [3.8, 4) is 0 Å². The number of carbonyl (C=O) groups is 1. The van der Waals surface area contributed by atoms with Crippen LogP contribution in [0.1, 0.15) is 17.3 Å². The van der Waals surface area contributed by atoms with E-state index in [1.54, 1.807) is 30.5 Å². The van der Waals surface area contributed by atoms with E-state index in [9.17, 15) is 9.00 Å². The van der Waals surface area contributed by atoms with Crippen LogP contribution in [-0.4, -0.2) is 28.2 Å². The Kier molecular flexibility index (Phi) is 4.49. The molecule has 1 aromatic rings. The number of nitrogens with one attached hydrogen (secondary N) is 1. The number of benzene rings is 1. The minimum atomic E-state index is -0.907. The van der Waals surface area contributed by atoms with Gasteiger partial charge in [0.25, 0.3) is 5.91 Å². The van der Waals surface area contributed by atoms with Gasteiger partial charge in [0, 0.05) is 40.1 Å². The first-order valence-corrected chi connectivity index (χ1v) is 6.68. The molecule has 16 heavy (non-hydrogen) atoms. The number of carbonyl (C=O) groups excluding carboxylic acids is 1. The maximum atomic E-state index is 11.7. The van der Waals surface area contributed by atoms with Gasteiger partial charge in [0.05, 0.1) is 0 Å². The van der Waals surface area contributed by atoms with Gasteiger partial charge in [0.1, 0.15) is 0 Å². The van der Waals surface area contributed by atoms with Crippen molar-refractivity contribution in [1.29, 1.82) is 0 Å². The molecule has 0 aromatic heterocycles. The summed E-state index contributed by atoms with van der Waals surface area (Å²) in [4.78, 5) is 11.7. The summed E-state index contributed by atoms with van der Waals surface area (Å²) >= 11 is 0. The van der Waals surface area contributed by atoms with Gasteiger partial charge in [0.15, 0.2) is 0 Å². The van der Waals surface area contributed by atoms with E-state index < -0.39 is 10.8 Å². The van der Waals surface area contributed by atoms with E-state index in [1.807, 2.05) is 6.92 Å². The summed E-state index contributed by atoms with van der Waals surface area (Å²) in [5.74, 6) is 0.290. The number of amides is 1. The van der Waals surface area contributed by atoms with Crippen molar-refractivity contribution in [1.82, 2.24) is 5.32 Å². The van der Waals surface area contributed by atoms with Crippen molar-refractivity contribution in [3.05, 3.63) is 29.8 Å². The van der Waals surface area contributed by atoms with Gasteiger partial charge in [-0.15, -0.1) is 0 Å². The second kappa shape index (κ2) is 5.65. The first-order valence-electron chi connectivity index (χ1n) is 4.95. The minimum Gasteiger partial charge on any atom is -0.399 e. The summed E-state index contributed by atoms with van der Waals surface area (Å²) in [7, 11) is -0.907. The lowest BCUT2D eigenvalue weighted by atomic mass is 10.2. The molecule has 5 heteroatoms. The Labute approximate surface area is 97.7 Å². The summed E-state index contributed by atoms with van der Waals surface area (Å²) in [5.41, 5.74) is 6.70. The van der Waals surface area contributed by atoms with Gasteiger partial charge in [-0.05, 0) is 31.2 Å². The highest BCUT2D eigenvalue weighted by Gasteiger charge is 2.10. The van der Waals surface area contributed by atoms with Crippen molar-refractivity contribution in [3.63, 3.8) is 0 Å². The van der Waals surface area contributed by atoms with Gasteiger partial charge < -0.3 is 11.1 Å². The quantitative estimate of drug-likeness (QED) is 0.763. The molecule has 0 heterocycles. The smallest absolute Gasteiger partial charge is 0.251 e. The highest BCUT2D eigenvalue weighted by Crippen LogP contribution is 2.05. The SMILES string of the molecule is CC(CS(C)=O)NC(=O)c1ccc(N)cc1. The molecule has 2 atom stereocenters. The molecule has 0 aliphatic rings. The van der Waals surface area contributed by atoms with E-state index in [1.165, 1.54) is 0 Å². The lowest BCUT2D eigenvalue weighted by molar-refractivity contribution is 0.0944. The Bertz CT molecular complexity index is 389. The van der Waals surface area contributed by atoms with Crippen LogP contribution in [0.4, 0.5) is 5.69 Å². The molecule has 1 amide bonds. The third-order valence-electron chi connectivity index (χ3n) is 2.04. The van der Waals surface area contributed by atoms with Crippen molar-refractivity contribution in [2.75, 3.05) is 17.7 Å². The van der Waals surface area contributed by atoms with E-state index >= 15 is 0 Å². The Hall–Kier alpha value is -1.36. The fraction of sp³-hybridized carbons (Fsp3) is 0.364. The largest absolute Gasteiger partial charge is 0.399 e. The first-order chi connectivity index (χ1) is 7.49. The lowest BCUT2D eigenvalue weighted by Crippen LogP contribution is -2.36. The maximum absolute atomic E-state index is 11.7. The van der Waals surface area contributed by atoms with Gasteiger partial charge in [-0.2, -0.15) is 0 Å². The molecule has 0 spiro atoms. The Balaban J connectivity index is 2.58. The van der Waals surface area contributed by atoms with E-state index in [4.69, 9.17) is 5.73 Å². The molecular formula is C11H16N2O2S. The van der Waals surface area contributed by atoms with Crippen LogP contribution in [0.5, 0.6) is 0 Å². The molecule has 88 valence electrons. The molecule has 0 saturated heterocycles. The summed E-state index contributed by atoms with van der Waals surface area (Å²) < 4.78 is 11.0. The topological polar surface area (TPSA) is 72.2 Å². The highest BCUT2D eigenvalue weighted by molar-refractivity contribution is 7.84. The average molecular weight is 240 g/mol. The van der Waals surface area contributed by atoms with Crippen LogP contribution in [0, 0.1) is 0 Å². The standard InChI is InChI=1S/C11H16N2O2S/c1-8(7-16(2)15)13-11(14)9-3-5-10(12)6-4-9/h3-6,8H,7,12H2,1-2H3,(H,13,14). The molecule has 1 aromatic carbocycles. The third kappa shape index (κ3) is 4.02. The molecule has 1 rings (SSSR count). The van der Waals surface area contributed by atoms with Crippen LogP contribution in [0.2, 0.25) is 0 Å².